The second-order valence-electron chi connectivity index (χ2n) is 5.17. The van der Waals surface area contributed by atoms with E-state index in [0.717, 1.165) is 24.6 Å². The molecular formula is C17H24N4. The Balaban J connectivity index is 2.07. The average Bonchev–Trinajstić information content (AvgIpc) is 2.53. The monoisotopic (exact) mass is 284 g/mol. The third-order valence-electron chi connectivity index (χ3n) is 3.57. The van der Waals surface area contributed by atoms with Gasteiger partial charge in [-0.1, -0.05) is 37.6 Å². The highest BCUT2D eigenvalue weighted by molar-refractivity contribution is 5.83. The van der Waals surface area contributed by atoms with Crippen molar-refractivity contribution in [1.29, 1.82) is 0 Å². The van der Waals surface area contributed by atoms with Crippen LogP contribution < -0.4 is 5.32 Å². The van der Waals surface area contributed by atoms with E-state index in [-0.39, 0.29) is 0 Å². The lowest BCUT2D eigenvalue weighted by Crippen LogP contribution is -2.39. The molecule has 0 amide bonds. The topological polar surface area (TPSA) is 40.5 Å². The van der Waals surface area contributed by atoms with Crippen LogP contribution in [-0.2, 0) is 6.54 Å². The quantitative estimate of drug-likeness (QED) is 0.677. The summed E-state index contributed by atoms with van der Waals surface area (Å²) >= 11 is 0. The fourth-order valence-electron chi connectivity index (χ4n) is 2.37. The van der Waals surface area contributed by atoms with Crippen LogP contribution >= 0.6 is 0 Å². The fourth-order valence-corrected chi connectivity index (χ4v) is 2.37. The molecule has 0 saturated carbocycles. The SMILES string of the molecule is CCCCN(C)C(=NC)NCc1cccc2cccnc12. The summed E-state index contributed by atoms with van der Waals surface area (Å²) in [6.07, 6.45) is 4.20. The predicted octanol–water partition coefficient (Wildman–Crippen LogP) is 3.04. The molecular weight excluding hydrogens is 260 g/mol. The van der Waals surface area contributed by atoms with Gasteiger partial charge in [-0.15, -0.1) is 0 Å². The van der Waals surface area contributed by atoms with Gasteiger partial charge in [-0.2, -0.15) is 0 Å². The number of benzene rings is 1. The maximum Gasteiger partial charge on any atom is 0.193 e. The summed E-state index contributed by atoms with van der Waals surface area (Å²) in [6, 6.07) is 10.3. The van der Waals surface area contributed by atoms with Crippen LogP contribution in [0.4, 0.5) is 0 Å². The Morgan fingerprint density at radius 3 is 2.86 bits per heavy atom. The van der Waals surface area contributed by atoms with Gasteiger partial charge in [-0.3, -0.25) is 9.98 Å². The van der Waals surface area contributed by atoms with E-state index in [1.165, 1.54) is 23.8 Å². The molecule has 112 valence electrons. The summed E-state index contributed by atoms with van der Waals surface area (Å²) < 4.78 is 0. The minimum atomic E-state index is 0.734. The van der Waals surface area contributed by atoms with E-state index in [4.69, 9.17) is 0 Å². The van der Waals surface area contributed by atoms with Gasteiger partial charge in [0, 0.05) is 38.8 Å². The Morgan fingerprint density at radius 1 is 1.29 bits per heavy atom. The summed E-state index contributed by atoms with van der Waals surface area (Å²) in [6.45, 7) is 3.95. The predicted molar refractivity (Wildman–Crippen MR) is 89.5 cm³/mol. The van der Waals surface area contributed by atoms with Crippen LogP contribution in [0.5, 0.6) is 0 Å². The molecule has 0 aliphatic rings. The van der Waals surface area contributed by atoms with Gasteiger partial charge in [0.2, 0.25) is 0 Å². The highest BCUT2D eigenvalue weighted by Gasteiger charge is 2.06. The Hall–Kier alpha value is -2.10. The molecule has 1 heterocycles. The van der Waals surface area contributed by atoms with Gasteiger partial charge in [0.25, 0.3) is 0 Å². The first-order valence-corrected chi connectivity index (χ1v) is 7.50. The number of aliphatic imine (C=N–C) groups is 1. The van der Waals surface area contributed by atoms with Crippen molar-refractivity contribution in [3.63, 3.8) is 0 Å². The zero-order valence-electron chi connectivity index (χ0n) is 13.1. The van der Waals surface area contributed by atoms with Crippen molar-refractivity contribution in [2.45, 2.75) is 26.3 Å². The molecule has 2 rings (SSSR count). The maximum absolute atomic E-state index is 4.49. The molecule has 1 aromatic heterocycles. The van der Waals surface area contributed by atoms with Gasteiger partial charge in [-0.25, -0.2) is 0 Å². The van der Waals surface area contributed by atoms with Gasteiger partial charge in [0.1, 0.15) is 0 Å². The number of aromatic nitrogens is 1. The van der Waals surface area contributed by atoms with Crippen molar-refractivity contribution in [2.75, 3.05) is 20.6 Å². The smallest absolute Gasteiger partial charge is 0.193 e. The minimum Gasteiger partial charge on any atom is -0.352 e. The summed E-state index contributed by atoms with van der Waals surface area (Å²) in [4.78, 5) is 11.0. The summed E-state index contributed by atoms with van der Waals surface area (Å²) in [5.74, 6) is 0.927. The van der Waals surface area contributed by atoms with Gasteiger partial charge >= 0.3 is 0 Å². The Morgan fingerprint density at radius 2 is 2.10 bits per heavy atom. The average molecular weight is 284 g/mol. The van der Waals surface area contributed by atoms with Crippen molar-refractivity contribution in [3.8, 4) is 0 Å². The molecule has 0 aliphatic carbocycles. The van der Waals surface area contributed by atoms with E-state index in [1.807, 2.05) is 19.3 Å². The van der Waals surface area contributed by atoms with Gasteiger partial charge in [0.15, 0.2) is 5.96 Å². The van der Waals surface area contributed by atoms with Crippen LogP contribution in [0, 0.1) is 0 Å². The molecule has 0 radical (unpaired) electrons. The molecule has 0 spiro atoms. The van der Waals surface area contributed by atoms with E-state index in [2.05, 4.69) is 58.4 Å². The molecule has 0 atom stereocenters. The molecule has 4 heteroatoms. The Labute approximate surface area is 126 Å². The van der Waals surface area contributed by atoms with Crippen molar-refractivity contribution in [3.05, 3.63) is 42.1 Å². The number of hydrogen-bond acceptors (Lipinski definition) is 2. The van der Waals surface area contributed by atoms with Crippen molar-refractivity contribution in [2.24, 2.45) is 4.99 Å². The van der Waals surface area contributed by atoms with E-state index >= 15 is 0 Å². The number of rotatable bonds is 5. The second-order valence-corrected chi connectivity index (χ2v) is 5.17. The first-order valence-electron chi connectivity index (χ1n) is 7.50. The van der Waals surface area contributed by atoms with Gasteiger partial charge < -0.3 is 10.2 Å². The molecule has 21 heavy (non-hydrogen) atoms. The third kappa shape index (κ3) is 3.94. The van der Waals surface area contributed by atoms with Crippen molar-refractivity contribution >= 4 is 16.9 Å². The molecule has 1 N–H and O–H groups in total. The lowest BCUT2D eigenvalue weighted by Gasteiger charge is -2.22. The van der Waals surface area contributed by atoms with Gasteiger partial charge in [0.05, 0.1) is 5.52 Å². The number of guanidine groups is 1. The summed E-state index contributed by atoms with van der Waals surface area (Å²) in [5, 5.41) is 4.59. The summed E-state index contributed by atoms with van der Waals surface area (Å²) in [7, 11) is 3.90. The zero-order chi connectivity index (χ0) is 15.1. The van der Waals surface area contributed by atoms with E-state index < -0.39 is 0 Å². The van der Waals surface area contributed by atoms with E-state index in [9.17, 15) is 0 Å². The lowest BCUT2D eigenvalue weighted by atomic mass is 10.1. The Kier molecular flexibility index (Phi) is 5.55. The van der Waals surface area contributed by atoms with E-state index in [1.54, 1.807) is 0 Å². The Bertz CT molecular complexity index is 601. The number of para-hydroxylation sites is 1. The fraction of sp³-hybridized carbons (Fsp3) is 0.412. The van der Waals surface area contributed by atoms with Crippen LogP contribution in [0.25, 0.3) is 10.9 Å². The van der Waals surface area contributed by atoms with Gasteiger partial charge in [-0.05, 0) is 18.1 Å². The van der Waals surface area contributed by atoms with Crippen LogP contribution in [-0.4, -0.2) is 36.5 Å². The molecule has 0 saturated heterocycles. The minimum absolute atomic E-state index is 0.734. The second kappa shape index (κ2) is 7.62. The highest BCUT2D eigenvalue weighted by atomic mass is 15.3. The first-order chi connectivity index (χ1) is 10.3. The normalized spacial score (nSPS) is 11.7. The molecule has 2 aromatic rings. The maximum atomic E-state index is 4.49. The van der Waals surface area contributed by atoms with E-state index in [0.29, 0.717) is 0 Å². The summed E-state index contributed by atoms with van der Waals surface area (Å²) in [5.41, 5.74) is 2.25. The number of fused-ring (bicyclic) bond motifs is 1. The first kappa shape index (κ1) is 15.3. The van der Waals surface area contributed by atoms with Crippen molar-refractivity contribution < 1.29 is 0 Å². The number of nitrogens with zero attached hydrogens (tertiary/aromatic N) is 3. The molecule has 0 unspecified atom stereocenters. The molecule has 0 fully saturated rings. The highest BCUT2D eigenvalue weighted by Crippen LogP contribution is 2.15. The standard InChI is InChI=1S/C17H24N4/c1-4-5-12-21(3)17(18-2)20-13-15-9-6-8-14-10-7-11-19-16(14)15/h6-11H,4-5,12-13H2,1-3H3,(H,18,20). The number of unbranched alkanes of at least 4 members (excludes halogenated alkanes) is 1. The number of hydrogen-bond donors (Lipinski definition) is 1. The molecule has 0 bridgehead atoms. The van der Waals surface area contributed by atoms with Crippen LogP contribution in [0.15, 0.2) is 41.5 Å². The molecule has 1 aromatic carbocycles. The third-order valence-corrected chi connectivity index (χ3v) is 3.57. The number of nitrogens with one attached hydrogen (secondary N) is 1. The van der Waals surface area contributed by atoms with Crippen LogP contribution in [0.2, 0.25) is 0 Å². The zero-order valence-corrected chi connectivity index (χ0v) is 13.1. The molecule has 4 nitrogen and oxygen atoms in total. The number of pyridine rings is 1. The molecule has 0 aliphatic heterocycles. The lowest BCUT2D eigenvalue weighted by molar-refractivity contribution is 0.465. The van der Waals surface area contributed by atoms with Crippen molar-refractivity contribution in [1.82, 2.24) is 15.2 Å². The largest absolute Gasteiger partial charge is 0.352 e. The van der Waals surface area contributed by atoms with Crippen LogP contribution in [0.1, 0.15) is 25.3 Å². The van der Waals surface area contributed by atoms with Crippen LogP contribution in [0.3, 0.4) is 0 Å².